The van der Waals surface area contributed by atoms with Crippen molar-refractivity contribution in [3.8, 4) is 0 Å². The Morgan fingerprint density at radius 2 is 1.92 bits per heavy atom. The molecule has 0 saturated carbocycles. The van der Waals surface area contributed by atoms with Crippen molar-refractivity contribution in [2.45, 2.75) is 25.3 Å². The maximum absolute atomic E-state index is 12.2. The molecule has 1 aliphatic rings. The largest absolute Gasteiger partial charge is 0.459 e. The Kier molecular flexibility index (Phi) is 5.66. The predicted molar refractivity (Wildman–Crippen MR) is 95.9 cm³/mol. The number of benzene rings is 1. The van der Waals surface area contributed by atoms with Gasteiger partial charge >= 0.3 is 0 Å². The molecule has 0 aliphatic carbocycles. The molecule has 0 bridgehead atoms. The number of carbonyl (C=O) groups excluding carboxylic acids is 2. The second-order valence-corrected chi connectivity index (χ2v) is 6.85. The number of halogens is 2. The summed E-state index contributed by atoms with van der Waals surface area (Å²) in [6.45, 7) is 1.19. The molecule has 1 N–H and O–H groups in total. The first-order chi connectivity index (χ1) is 12.0. The van der Waals surface area contributed by atoms with E-state index in [2.05, 4.69) is 5.32 Å². The lowest BCUT2D eigenvalue weighted by Gasteiger charge is -2.31. The SMILES string of the molecule is O=C(Cc1ccc(Cl)c(Cl)c1)NC1CCN(C(=O)c2ccco2)CC1. The first-order valence-corrected chi connectivity index (χ1v) is 8.84. The minimum absolute atomic E-state index is 0.0609. The van der Waals surface area contributed by atoms with E-state index in [1.165, 1.54) is 6.26 Å². The Morgan fingerprint density at radius 1 is 1.16 bits per heavy atom. The minimum Gasteiger partial charge on any atom is -0.459 e. The van der Waals surface area contributed by atoms with Gasteiger partial charge in [-0.1, -0.05) is 29.3 Å². The summed E-state index contributed by atoms with van der Waals surface area (Å²) in [5.41, 5.74) is 0.817. The van der Waals surface area contributed by atoms with Crippen molar-refractivity contribution in [3.05, 3.63) is 58.0 Å². The molecule has 132 valence electrons. The summed E-state index contributed by atoms with van der Waals surface area (Å²) in [5, 5.41) is 3.93. The van der Waals surface area contributed by atoms with Crippen LogP contribution in [-0.2, 0) is 11.2 Å². The van der Waals surface area contributed by atoms with Gasteiger partial charge in [0.05, 0.1) is 22.7 Å². The standard InChI is InChI=1S/C18H18Cl2N2O3/c19-14-4-3-12(10-15(14)20)11-17(23)21-13-5-7-22(8-6-13)18(24)16-2-1-9-25-16/h1-4,9-10,13H,5-8,11H2,(H,21,23). The molecule has 1 saturated heterocycles. The van der Waals surface area contributed by atoms with Crippen molar-refractivity contribution in [1.82, 2.24) is 10.2 Å². The zero-order chi connectivity index (χ0) is 17.8. The topological polar surface area (TPSA) is 62.6 Å². The van der Waals surface area contributed by atoms with E-state index in [-0.39, 0.29) is 24.3 Å². The molecule has 3 rings (SSSR count). The van der Waals surface area contributed by atoms with E-state index in [1.807, 2.05) is 0 Å². The van der Waals surface area contributed by atoms with Crippen molar-refractivity contribution in [3.63, 3.8) is 0 Å². The van der Waals surface area contributed by atoms with E-state index in [4.69, 9.17) is 27.6 Å². The first-order valence-electron chi connectivity index (χ1n) is 8.09. The van der Waals surface area contributed by atoms with Crippen LogP contribution in [0.1, 0.15) is 29.0 Å². The summed E-state index contributed by atoms with van der Waals surface area (Å²) in [7, 11) is 0. The van der Waals surface area contributed by atoms with Gasteiger partial charge in [0.1, 0.15) is 0 Å². The number of furan rings is 1. The number of hydrogen-bond acceptors (Lipinski definition) is 3. The fraction of sp³-hybridized carbons (Fsp3) is 0.333. The zero-order valence-corrected chi connectivity index (χ0v) is 15.0. The van der Waals surface area contributed by atoms with Crippen molar-refractivity contribution >= 4 is 35.0 Å². The molecular weight excluding hydrogens is 363 g/mol. The van der Waals surface area contributed by atoms with Gasteiger partial charge in [0.25, 0.3) is 5.91 Å². The molecule has 1 fully saturated rings. The normalized spacial score (nSPS) is 15.2. The van der Waals surface area contributed by atoms with Crippen molar-refractivity contribution < 1.29 is 14.0 Å². The molecule has 5 nitrogen and oxygen atoms in total. The number of hydrogen-bond donors (Lipinski definition) is 1. The van der Waals surface area contributed by atoms with Crippen LogP contribution in [0.3, 0.4) is 0 Å². The maximum Gasteiger partial charge on any atom is 0.289 e. The maximum atomic E-state index is 12.2. The van der Waals surface area contributed by atoms with Crippen LogP contribution in [0.2, 0.25) is 10.0 Å². The average Bonchev–Trinajstić information content (AvgIpc) is 3.13. The van der Waals surface area contributed by atoms with Gasteiger partial charge in [-0.3, -0.25) is 9.59 Å². The second-order valence-electron chi connectivity index (χ2n) is 6.04. The number of nitrogens with zero attached hydrogens (tertiary/aromatic N) is 1. The number of nitrogens with one attached hydrogen (secondary N) is 1. The molecule has 1 aliphatic heterocycles. The van der Waals surface area contributed by atoms with Crippen LogP contribution in [0.15, 0.2) is 41.0 Å². The molecule has 2 heterocycles. The van der Waals surface area contributed by atoms with Crippen molar-refractivity contribution in [2.75, 3.05) is 13.1 Å². The van der Waals surface area contributed by atoms with Crippen LogP contribution in [0.5, 0.6) is 0 Å². The summed E-state index contributed by atoms with van der Waals surface area (Å²) >= 11 is 11.8. The summed E-state index contributed by atoms with van der Waals surface area (Å²) in [6.07, 6.45) is 3.19. The van der Waals surface area contributed by atoms with Crippen LogP contribution in [0.4, 0.5) is 0 Å². The molecule has 0 spiro atoms. The van der Waals surface area contributed by atoms with E-state index in [0.29, 0.717) is 28.9 Å². The van der Waals surface area contributed by atoms with Crippen LogP contribution in [-0.4, -0.2) is 35.8 Å². The van der Waals surface area contributed by atoms with Gasteiger partial charge in [-0.2, -0.15) is 0 Å². The second kappa shape index (κ2) is 7.93. The van der Waals surface area contributed by atoms with Crippen molar-refractivity contribution in [2.24, 2.45) is 0 Å². The molecule has 0 unspecified atom stereocenters. The lowest BCUT2D eigenvalue weighted by molar-refractivity contribution is -0.121. The highest BCUT2D eigenvalue weighted by Crippen LogP contribution is 2.23. The third kappa shape index (κ3) is 4.55. The minimum atomic E-state index is -0.106. The number of likely N-dealkylation sites (tertiary alicyclic amines) is 1. The monoisotopic (exact) mass is 380 g/mol. The molecule has 1 aromatic heterocycles. The molecule has 1 aromatic carbocycles. The summed E-state index contributed by atoms with van der Waals surface area (Å²) in [4.78, 5) is 26.2. The number of amides is 2. The fourth-order valence-electron chi connectivity index (χ4n) is 2.90. The van der Waals surface area contributed by atoms with Gasteiger partial charge in [0, 0.05) is 19.1 Å². The first kappa shape index (κ1) is 17.8. The van der Waals surface area contributed by atoms with Gasteiger partial charge in [-0.25, -0.2) is 0 Å². The Bertz CT molecular complexity index is 754. The number of rotatable bonds is 4. The third-order valence-corrected chi connectivity index (χ3v) is 4.97. The molecule has 7 heteroatoms. The molecule has 2 amide bonds. The Hall–Kier alpha value is -1.98. The number of carbonyl (C=O) groups is 2. The molecule has 2 aromatic rings. The third-order valence-electron chi connectivity index (χ3n) is 4.23. The van der Waals surface area contributed by atoms with Gasteiger partial charge in [0.15, 0.2) is 5.76 Å². The Balaban J connectivity index is 1.47. The summed E-state index contributed by atoms with van der Waals surface area (Å²) < 4.78 is 5.14. The van der Waals surface area contributed by atoms with Gasteiger partial charge in [-0.05, 0) is 42.7 Å². The quantitative estimate of drug-likeness (QED) is 0.881. The molecule has 0 radical (unpaired) electrons. The number of piperidine rings is 1. The van der Waals surface area contributed by atoms with E-state index < -0.39 is 0 Å². The molecular formula is C18H18Cl2N2O3. The van der Waals surface area contributed by atoms with Crippen LogP contribution in [0.25, 0.3) is 0 Å². The lowest BCUT2D eigenvalue weighted by atomic mass is 10.0. The van der Waals surface area contributed by atoms with E-state index in [1.54, 1.807) is 35.2 Å². The van der Waals surface area contributed by atoms with Gasteiger partial charge < -0.3 is 14.6 Å². The summed E-state index contributed by atoms with van der Waals surface area (Å²) in [5.74, 6) is 0.182. The highest BCUT2D eigenvalue weighted by molar-refractivity contribution is 6.42. The van der Waals surface area contributed by atoms with Crippen LogP contribution in [0, 0.1) is 0 Å². The van der Waals surface area contributed by atoms with Gasteiger partial charge in [-0.15, -0.1) is 0 Å². The zero-order valence-electron chi connectivity index (χ0n) is 13.5. The Morgan fingerprint density at radius 3 is 2.56 bits per heavy atom. The van der Waals surface area contributed by atoms with Crippen LogP contribution >= 0.6 is 23.2 Å². The summed E-state index contributed by atoms with van der Waals surface area (Å²) in [6, 6.07) is 8.60. The van der Waals surface area contributed by atoms with Crippen molar-refractivity contribution in [1.29, 1.82) is 0 Å². The predicted octanol–water partition coefficient (Wildman–Crippen LogP) is 3.55. The fourth-order valence-corrected chi connectivity index (χ4v) is 3.22. The molecule has 25 heavy (non-hydrogen) atoms. The van der Waals surface area contributed by atoms with E-state index in [0.717, 1.165) is 18.4 Å². The average molecular weight is 381 g/mol. The van der Waals surface area contributed by atoms with Gasteiger partial charge in [0.2, 0.25) is 5.91 Å². The van der Waals surface area contributed by atoms with Crippen LogP contribution < -0.4 is 5.32 Å². The highest BCUT2D eigenvalue weighted by Gasteiger charge is 2.25. The van der Waals surface area contributed by atoms with E-state index >= 15 is 0 Å². The smallest absolute Gasteiger partial charge is 0.289 e. The van der Waals surface area contributed by atoms with E-state index in [9.17, 15) is 9.59 Å². The Labute approximate surface area is 155 Å². The lowest BCUT2D eigenvalue weighted by Crippen LogP contribution is -2.46. The highest BCUT2D eigenvalue weighted by atomic mass is 35.5. The molecule has 0 atom stereocenters.